The Hall–Kier alpha value is -1.20. The second-order valence-corrected chi connectivity index (χ2v) is 12.7. The molecule has 1 aromatic rings. The largest absolute Gasteiger partial charge is 0.496 e. The first-order chi connectivity index (χ1) is 11.0. The molecule has 1 aromatic carbocycles. The van der Waals surface area contributed by atoms with Crippen molar-refractivity contribution in [3.05, 3.63) is 17.2 Å². The van der Waals surface area contributed by atoms with E-state index < -0.39 is 8.32 Å². The molecule has 0 unspecified atom stereocenters. The summed E-state index contributed by atoms with van der Waals surface area (Å²) >= 11 is 0. The molecular weight excluding hydrogens is 320 g/mol. The van der Waals surface area contributed by atoms with Crippen molar-refractivity contribution >= 4 is 8.32 Å². The summed E-state index contributed by atoms with van der Waals surface area (Å²) in [6.07, 6.45) is 0. The number of hydrogen-bond acceptors (Lipinski definition) is 4. The van der Waals surface area contributed by atoms with Gasteiger partial charge in [-0.3, -0.25) is 0 Å². The van der Waals surface area contributed by atoms with E-state index in [1.807, 2.05) is 6.07 Å². The highest BCUT2D eigenvalue weighted by molar-refractivity contribution is 6.74. The molecule has 0 heterocycles. The maximum Gasteiger partial charge on any atom is 0.192 e. The van der Waals surface area contributed by atoms with Crippen molar-refractivity contribution in [3.8, 4) is 17.2 Å². The highest BCUT2D eigenvalue weighted by atomic mass is 28.4. The highest BCUT2D eigenvalue weighted by Gasteiger charge is 2.37. The normalized spacial score (nSPS) is 12.5. The van der Waals surface area contributed by atoms with Crippen LogP contribution in [0.25, 0.3) is 0 Å². The van der Waals surface area contributed by atoms with Crippen LogP contribution in [0.5, 0.6) is 17.2 Å². The Morgan fingerprint density at radius 1 is 0.958 bits per heavy atom. The topological polar surface area (TPSA) is 36.9 Å². The summed E-state index contributed by atoms with van der Waals surface area (Å²) < 4.78 is 23.3. The van der Waals surface area contributed by atoms with Gasteiger partial charge in [0.05, 0.1) is 27.9 Å². The molecule has 4 nitrogen and oxygen atoms in total. The van der Waals surface area contributed by atoms with E-state index in [1.54, 1.807) is 21.3 Å². The first-order valence-electron chi connectivity index (χ1n) is 8.45. The highest BCUT2D eigenvalue weighted by Crippen LogP contribution is 2.45. The zero-order chi connectivity index (χ0) is 18.7. The Bertz CT molecular complexity index is 559. The van der Waals surface area contributed by atoms with E-state index in [0.29, 0.717) is 6.61 Å². The third kappa shape index (κ3) is 4.25. The smallest absolute Gasteiger partial charge is 0.192 e. The summed E-state index contributed by atoms with van der Waals surface area (Å²) in [6, 6.07) is 2.02. The monoisotopic (exact) mass is 354 g/mol. The van der Waals surface area contributed by atoms with Crippen LogP contribution in [0.4, 0.5) is 0 Å². The molecule has 5 heteroatoms. The third-order valence-corrected chi connectivity index (χ3v) is 9.39. The van der Waals surface area contributed by atoms with Gasteiger partial charge in [0.2, 0.25) is 0 Å². The summed E-state index contributed by atoms with van der Waals surface area (Å²) in [5.41, 5.74) is 1.98. The van der Waals surface area contributed by atoms with Crippen molar-refractivity contribution in [2.24, 2.45) is 0 Å². The van der Waals surface area contributed by atoms with Crippen LogP contribution < -0.4 is 14.2 Å². The Morgan fingerprint density at radius 2 is 1.50 bits per heavy atom. The Balaban J connectivity index is 3.34. The molecule has 0 atom stereocenters. The van der Waals surface area contributed by atoms with Crippen molar-refractivity contribution in [1.82, 2.24) is 0 Å². The van der Waals surface area contributed by atoms with E-state index in [1.165, 1.54) is 0 Å². The van der Waals surface area contributed by atoms with E-state index >= 15 is 0 Å². The van der Waals surface area contributed by atoms with Gasteiger partial charge in [0.1, 0.15) is 5.75 Å². The van der Waals surface area contributed by atoms with Crippen molar-refractivity contribution in [2.45, 2.75) is 65.3 Å². The van der Waals surface area contributed by atoms with Gasteiger partial charge in [-0.15, -0.1) is 0 Å². The van der Waals surface area contributed by atoms with Crippen LogP contribution in [0.3, 0.4) is 0 Å². The molecule has 0 saturated heterocycles. The van der Waals surface area contributed by atoms with Gasteiger partial charge in [-0.25, -0.2) is 0 Å². The average Bonchev–Trinajstić information content (AvgIpc) is 2.49. The number of benzene rings is 1. The average molecular weight is 355 g/mol. The van der Waals surface area contributed by atoms with Gasteiger partial charge in [0.15, 0.2) is 19.8 Å². The van der Waals surface area contributed by atoms with Gasteiger partial charge < -0.3 is 18.6 Å². The number of hydrogen-bond donors (Lipinski definition) is 0. The minimum atomic E-state index is -1.85. The standard InChI is InChI=1S/C19H34O4Si/c1-13(2)16-15(20-6)11-14(17(21-7)18(16)22-8)12-23-24(9,10)19(3,4)5/h11,13H,12H2,1-10H3. The van der Waals surface area contributed by atoms with E-state index in [-0.39, 0.29) is 11.0 Å². The minimum absolute atomic E-state index is 0.159. The van der Waals surface area contributed by atoms with Crippen molar-refractivity contribution in [3.63, 3.8) is 0 Å². The fourth-order valence-corrected chi connectivity index (χ4v) is 3.35. The van der Waals surface area contributed by atoms with E-state index in [0.717, 1.165) is 28.4 Å². The second-order valence-electron chi connectivity index (χ2n) is 7.92. The molecule has 24 heavy (non-hydrogen) atoms. The van der Waals surface area contributed by atoms with Crippen molar-refractivity contribution < 1.29 is 18.6 Å². The minimum Gasteiger partial charge on any atom is -0.496 e. The van der Waals surface area contributed by atoms with Crippen LogP contribution in [-0.2, 0) is 11.0 Å². The van der Waals surface area contributed by atoms with E-state index in [9.17, 15) is 0 Å². The fraction of sp³-hybridized carbons (Fsp3) is 0.684. The zero-order valence-electron chi connectivity index (χ0n) is 17.0. The molecule has 0 radical (unpaired) electrons. The van der Waals surface area contributed by atoms with Gasteiger partial charge in [0, 0.05) is 11.1 Å². The maximum absolute atomic E-state index is 6.37. The number of ether oxygens (including phenoxy) is 3. The van der Waals surface area contributed by atoms with Crippen LogP contribution in [0, 0.1) is 0 Å². The maximum atomic E-state index is 6.37. The van der Waals surface area contributed by atoms with Crippen molar-refractivity contribution in [1.29, 1.82) is 0 Å². The first kappa shape index (κ1) is 20.8. The van der Waals surface area contributed by atoms with Crippen LogP contribution in [0.1, 0.15) is 51.7 Å². The van der Waals surface area contributed by atoms with Crippen LogP contribution in [0.2, 0.25) is 18.1 Å². The van der Waals surface area contributed by atoms with Crippen molar-refractivity contribution in [2.75, 3.05) is 21.3 Å². The molecule has 0 fully saturated rings. The molecule has 0 aliphatic heterocycles. The molecule has 138 valence electrons. The lowest BCUT2D eigenvalue weighted by molar-refractivity contribution is 0.264. The summed E-state index contributed by atoms with van der Waals surface area (Å²) in [5, 5.41) is 0.159. The molecule has 0 amide bonds. The lowest BCUT2D eigenvalue weighted by Gasteiger charge is -2.36. The van der Waals surface area contributed by atoms with Crippen LogP contribution in [0.15, 0.2) is 6.07 Å². The molecular formula is C19H34O4Si. The predicted octanol–water partition coefficient (Wildman–Crippen LogP) is 5.36. The van der Waals surface area contributed by atoms with E-state index in [4.69, 9.17) is 18.6 Å². The third-order valence-electron chi connectivity index (χ3n) is 4.91. The van der Waals surface area contributed by atoms with Crippen LogP contribution >= 0.6 is 0 Å². The number of methoxy groups -OCH3 is 3. The van der Waals surface area contributed by atoms with E-state index in [2.05, 4.69) is 47.7 Å². The quantitative estimate of drug-likeness (QED) is 0.618. The molecule has 0 aliphatic rings. The van der Waals surface area contributed by atoms with Gasteiger partial charge in [-0.1, -0.05) is 34.6 Å². The SMILES string of the molecule is COc1cc(CO[Si](C)(C)C(C)(C)C)c(OC)c(OC)c1C(C)C. The molecule has 1 rings (SSSR count). The fourth-order valence-electron chi connectivity index (χ4n) is 2.41. The molecule has 0 N–H and O–H groups in total. The summed E-state index contributed by atoms with van der Waals surface area (Å²) in [7, 11) is 3.17. The molecule has 0 aliphatic carbocycles. The number of rotatable bonds is 7. The first-order valence-corrected chi connectivity index (χ1v) is 11.4. The summed E-state index contributed by atoms with van der Waals surface area (Å²) in [4.78, 5) is 0. The lowest BCUT2D eigenvalue weighted by atomic mass is 9.98. The summed E-state index contributed by atoms with van der Waals surface area (Å²) in [5.74, 6) is 2.55. The van der Waals surface area contributed by atoms with Gasteiger partial charge in [-0.05, 0) is 30.1 Å². The Morgan fingerprint density at radius 3 is 1.88 bits per heavy atom. The Labute approximate surface area is 148 Å². The predicted molar refractivity (Wildman–Crippen MR) is 102 cm³/mol. The lowest BCUT2D eigenvalue weighted by Crippen LogP contribution is -2.40. The van der Waals surface area contributed by atoms with Gasteiger partial charge in [0.25, 0.3) is 0 Å². The van der Waals surface area contributed by atoms with Crippen LogP contribution in [-0.4, -0.2) is 29.6 Å². The molecule has 0 spiro atoms. The molecule has 0 bridgehead atoms. The van der Waals surface area contributed by atoms with Gasteiger partial charge in [-0.2, -0.15) is 0 Å². The second kappa shape index (κ2) is 7.79. The zero-order valence-corrected chi connectivity index (χ0v) is 18.0. The molecule has 0 aromatic heterocycles. The summed E-state index contributed by atoms with van der Waals surface area (Å²) in [6.45, 7) is 15.9. The Kier molecular flexibility index (Phi) is 6.76. The van der Waals surface area contributed by atoms with Gasteiger partial charge >= 0.3 is 0 Å². The molecule has 0 saturated carbocycles.